The van der Waals surface area contributed by atoms with Crippen molar-refractivity contribution in [3.05, 3.63) is 70.7 Å². The Morgan fingerprint density at radius 2 is 1.67 bits per heavy atom. The first-order valence-electron chi connectivity index (χ1n) is 9.59. The monoisotopic (exact) mass is 462 g/mol. The van der Waals surface area contributed by atoms with Gasteiger partial charge in [0.15, 0.2) is 0 Å². The van der Waals surface area contributed by atoms with Gasteiger partial charge in [0.25, 0.3) is 0 Å². The first-order valence-corrected chi connectivity index (χ1v) is 11.8. The summed E-state index contributed by atoms with van der Waals surface area (Å²) in [6.07, 6.45) is 1.23. The van der Waals surface area contributed by atoms with Crippen molar-refractivity contribution in [3.8, 4) is 0 Å². The van der Waals surface area contributed by atoms with E-state index in [2.05, 4.69) is 5.32 Å². The van der Waals surface area contributed by atoms with Gasteiger partial charge in [-0.15, -0.1) is 0 Å². The Morgan fingerprint density at radius 3 is 2.40 bits per heavy atom. The van der Waals surface area contributed by atoms with E-state index in [0.717, 1.165) is 10.8 Å². The largest absolute Gasteiger partial charge is 0.326 e. The highest BCUT2D eigenvalue weighted by atomic mass is 35.5. The highest BCUT2D eigenvalue weighted by Gasteiger charge is 2.33. The fraction of sp³-hybridized carbons (Fsp3) is 0.227. The maximum Gasteiger partial charge on any atom is 0.243 e. The van der Waals surface area contributed by atoms with Gasteiger partial charge in [-0.1, -0.05) is 53.5 Å². The number of rotatable bonds is 4. The van der Waals surface area contributed by atoms with Crippen LogP contribution in [0.2, 0.25) is 10.0 Å². The summed E-state index contributed by atoms with van der Waals surface area (Å²) in [4.78, 5) is 13.0. The number of carbonyl (C=O) groups excluding carboxylic acids is 1. The number of anilines is 1. The summed E-state index contributed by atoms with van der Waals surface area (Å²) >= 11 is 12.0. The van der Waals surface area contributed by atoms with Crippen molar-refractivity contribution in [2.24, 2.45) is 5.92 Å². The molecule has 1 amide bonds. The average Bonchev–Trinajstić information content (AvgIpc) is 2.72. The molecule has 0 unspecified atom stereocenters. The Balaban J connectivity index is 1.52. The van der Waals surface area contributed by atoms with Gasteiger partial charge in [0.1, 0.15) is 0 Å². The zero-order valence-corrected chi connectivity index (χ0v) is 18.3. The Bertz CT molecular complexity index is 1190. The highest BCUT2D eigenvalue weighted by molar-refractivity contribution is 7.89. The van der Waals surface area contributed by atoms with Crippen LogP contribution in [0.1, 0.15) is 12.8 Å². The number of halogens is 2. The number of nitrogens with zero attached hydrogens (tertiary/aromatic N) is 1. The Morgan fingerprint density at radius 1 is 0.967 bits per heavy atom. The minimum atomic E-state index is -3.70. The van der Waals surface area contributed by atoms with Crippen LogP contribution in [0.3, 0.4) is 0 Å². The summed E-state index contributed by atoms with van der Waals surface area (Å²) < 4.78 is 27.8. The predicted molar refractivity (Wildman–Crippen MR) is 121 cm³/mol. The molecule has 30 heavy (non-hydrogen) atoms. The van der Waals surface area contributed by atoms with Gasteiger partial charge in [-0.2, -0.15) is 4.31 Å². The number of carbonyl (C=O) groups is 1. The van der Waals surface area contributed by atoms with Crippen LogP contribution in [0.25, 0.3) is 10.8 Å². The van der Waals surface area contributed by atoms with Crippen LogP contribution in [-0.2, 0) is 14.8 Å². The van der Waals surface area contributed by atoms with Crippen molar-refractivity contribution in [2.45, 2.75) is 17.7 Å². The van der Waals surface area contributed by atoms with Crippen molar-refractivity contribution in [1.29, 1.82) is 0 Å². The summed E-state index contributed by atoms with van der Waals surface area (Å²) in [5, 5.41) is 5.48. The topological polar surface area (TPSA) is 66.5 Å². The van der Waals surface area contributed by atoms with E-state index in [1.165, 1.54) is 4.31 Å². The van der Waals surface area contributed by atoms with Crippen LogP contribution in [0.15, 0.2) is 65.6 Å². The van der Waals surface area contributed by atoms with E-state index in [9.17, 15) is 13.2 Å². The van der Waals surface area contributed by atoms with Crippen LogP contribution in [0.4, 0.5) is 5.69 Å². The summed E-state index contributed by atoms with van der Waals surface area (Å²) in [7, 11) is -3.70. The molecule has 1 saturated heterocycles. The second kappa shape index (κ2) is 8.55. The van der Waals surface area contributed by atoms with E-state index in [4.69, 9.17) is 23.2 Å². The van der Waals surface area contributed by atoms with Gasteiger partial charge in [-0.05, 0) is 53.9 Å². The third-order valence-electron chi connectivity index (χ3n) is 5.24. The minimum absolute atomic E-state index is 0.134. The molecule has 5 nitrogen and oxygen atoms in total. The molecular weight excluding hydrogens is 443 g/mol. The van der Waals surface area contributed by atoms with Gasteiger partial charge in [-0.3, -0.25) is 4.79 Å². The van der Waals surface area contributed by atoms with Crippen molar-refractivity contribution < 1.29 is 13.2 Å². The smallest absolute Gasteiger partial charge is 0.243 e. The number of piperidine rings is 1. The molecular formula is C22H20Cl2N2O3S. The molecule has 0 aromatic heterocycles. The fourth-order valence-electron chi connectivity index (χ4n) is 3.72. The summed E-state index contributed by atoms with van der Waals surface area (Å²) in [5.41, 5.74) is 0.493. The van der Waals surface area contributed by atoms with Gasteiger partial charge in [0, 0.05) is 28.8 Å². The molecule has 1 aliphatic heterocycles. The molecule has 8 heteroatoms. The summed E-state index contributed by atoms with van der Waals surface area (Å²) in [6.45, 7) is 0.525. The normalized spacial score (nSPS) is 17.7. The maximum absolute atomic E-state index is 13.2. The Kier molecular flexibility index (Phi) is 6.02. The van der Waals surface area contributed by atoms with Crippen molar-refractivity contribution >= 4 is 55.6 Å². The van der Waals surface area contributed by atoms with Gasteiger partial charge in [0.05, 0.1) is 10.8 Å². The van der Waals surface area contributed by atoms with Gasteiger partial charge < -0.3 is 5.32 Å². The van der Waals surface area contributed by atoms with Gasteiger partial charge in [-0.25, -0.2) is 8.42 Å². The minimum Gasteiger partial charge on any atom is -0.326 e. The molecule has 1 N–H and O–H groups in total. The third kappa shape index (κ3) is 4.47. The zero-order chi connectivity index (χ0) is 21.3. The number of benzene rings is 3. The van der Waals surface area contributed by atoms with E-state index in [-0.39, 0.29) is 17.3 Å². The quantitative estimate of drug-likeness (QED) is 0.580. The van der Waals surface area contributed by atoms with Crippen LogP contribution in [0.5, 0.6) is 0 Å². The molecule has 0 saturated carbocycles. The Labute approximate surface area is 185 Å². The number of nitrogens with one attached hydrogen (secondary N) is 1. The van der Waals surface area contributed by atoms with Crippen LogP contribution in [0, 0.1) is 5.92 Å². The SMILES string of the molecule is O=C(Nc1cc(Cl)cc(Cl)c1)[C@H]1CCCN(S(=O)(=O)c2ccc3ccccc3c2)C1. The first kappa shape index (κ1) is 21.1. The lowest BCUT2D eigenvalue weighted by Gasteiger charge is -2.31. The Hall–Kier alpha value is -2.12. The van der Waals surface area contributed by atoms with Crippen LogP contribution < -0.4 is 5.32 Å². The predicted octanol–water partition coefficient (Wildman–Crippen LogP) is 5.19. The number of sulfonamides is 1. The average molecular weight is 463 g/mol. The lowest BCUT2D eigenvalue weighted by Crippen LogP contribution is -2.43. The van der Waals surface area contributed by atoms with Gasteiger partial charge >= 0.3 is 0 Å². The lowest BCUT2D eigenvalue weighted by atomic mass is 9.99. The van der Waals surface area contributed by atoms with Crippen molar-refractivity contribution in [2.75, 3.05) is 18.4 Å². The summed E-state index contributed by atoms with van der Waals surface area (Å²) in [6, 6.07) is 17.5. The number of hydrogen-bond donors (Lipinski definition) is 1. The molecule has 0 spiro atoms. The second-order valence-corrected chi connectivity index (χ2v) is 10.2. The van der Waals surface area contributed by atoms with E-state index in [0.29, 0.717) is 35.1 Å². The van der Waals surface area contributed by atoms with Crippen molar-refractivity contribution in [3.63, 3.8) is 0 Å². The van der Waals surface area contributed by atoms with E-state index in [1.807, 2.05) is 24.3 Å². The number of amides is 1. The fourth-order valence-corrected chi connectivity index (χ4v) is 5.81. The molecule has 1 atom stereocenters. The number of fused-ring (bicyclic) bond motifs is 1. The lowest BCUT2D eigenvalue weighted by molar-refractivity contribution is -0.120. The molecule has 1 heterocycles. The van der Waals surface area contributed by atoms with Crippen molar-refractivity contribution in [1.82, 2.24) is 4.31 Å². The molecule has 0 radical (unpaired) electrons. The molecule has 3 aromatic rings. The summed E-state index contributed by atoms with van der Waals surface area (Å²) in [5.74, 6) is -0.696. The highest BCUT2D eigenvalue weighted by Crippen LogP contribution is 2.28. The molecule has 4 rings (SSSR count). The second-order valence-electron chi connectivity index (χ2n) is 7.36. The van der Waals surface area contributed by atoms with E-state index >= 15 is 0 Å². The first-order chi connectivity index (χ1) is 14.3. The third-order valence-corrected chi connectivity index (χ3v) is 7.54. The van der Waals surface area contributed by atoms with Gasteiger partial charge in [0.2, 0.25) is 15.9 Å². The molecule has 0 aliphatic carbocycles. The van der Waals surface area contributed by atoms with Crippen LogP contribution >= 0.6 is 23.2 Å². The zero-order valence-electron chi connectivity index (χ0n) is 16.0. The van der Waals surface area contributed by atoms with E-state index in [1.54, 1.807) is 36.4 Å². The number of hydrogen-bond acceptors (Lipinski definition) is 3. The standard InChI is InChI=1S/C22H20Cl2N2O3S/c23-18-11-19(24)13-20(12-18)25-22(27)17-6-3-9-26(14-17)30(28,29)21-8-7-15-4-1-2-5-16(15)10-21/h1-2,4-5,7-8,10-13,17H,3,6,9,14H2,(H,25,27)/t17-/m0/s1. The molecule has 1 aliphatic rings. The molecule has 156 valence electrons. The molecule has 0 bridgehead atoms. The van der Waals surface area contributed by atoms with E-state index < -0.39 is 15.9 Å². The molecule has 1 fully saturated rings. The maximum atomic E-state index is 13.2. The molecule has 3 aromatic carbocycles. The van der Waals surface area contributed by atoms with Crippen LogP contribution in [-0.4, -0.2) is 31.7 Å².